The van der Waals surface area contributed by atoms with E-state index in [1.165, 1.54) is 12.8 Å². The second-order valence-electron chi connectivity index (χ2n) is 18.3. The van der Waals surface area contributed by atoms with Gasteiger partial charge in [-0.15, -0.1) is 6.58 Å². The fourth-order valence-electron chi connectivity index (χ4n) is 11.0. The quantitative estimate of drug-likeness (QED) is 0.0505. The van der Waals surface area contributed by atoms with Crippen LogP contribution in [-0.2, 0) is 30.4 Å². The summed E-state index contributed by atoms with van der Waals surface area (Å²) in [5.41, 5.74) is 4.46. The van der Waals surface area contributed by atoms with Gasteiger partial charge in [-0.1, -0.05) is 61.9 Å². The number of aryl methyl sites for hydroxylation is 1. The van der Waals surface area contributed by atoms with E-state index in [9.17, 15) is 20.1 Å². The van der Waals surface area contributed by atoms with Crippen molar-refractivity contribution in [2.45, 2.75) is 140 Å². The van der Waals surface area contributed by atoms with Gasteiger partial charge in [-0.3, -0.25) is 9.78 Å². The first kappa shape index (κ1) is 48.1. The second kappa shape index (κ2) is 24.1. The van der Waals surface area contributed by atoms with E-state index in [1.54, 1.807) is 6.08 Å². The molecule has 3 heterocycles. The topological polar surface area (TPSA) is 162 Å². The molecule has 5 aliphatic rings. The molecule has 0 radical (unpaired) electrons. The van der Waals surface area contributed by atoms with Gasteiger partial charge in [-0.25, -0.2) is 0 Å². The number of ether oxygens (including phenoxy) is 5. The number of unbranched alkanes of at least 4 members (excludes halogenated alkanes) is 2. The van der Waals surface area contributed by atoms with Crippen molar-refractivity contribution in [3.8, 4) is 11.5 Å². The molecule has 1 aromatic carbocycles. The van der Waals surface area contributed by atoms with E-state index >= 15 is 0 Å². The summed E-state index contributed by atoms with van der Waals surface area (Å²) in [4.78, 5) is 27.9. The maximum Gasteiger partial charge on any atom is 0.239 e. The van der Waals surface area contributed by atoms with E-state index in [2.05, 4.69) is 23.7 Å². The Morgan fingerprint density at radius 1 is 0.984 bits per heavy atom. The van der Waals surface area contributed by atoms with Crippen molar-refractivity contribution in [3.05, 3.63) is 77.7 Å². The van der Waals surface area contributed by atoms with Gasteiger partial charge in [0, 0.05) is 56.2 Å². The molecule has 352 valence electrons. The zero-order chi connectivity index (χ0) is 44.7. The molecule has 3 aliphatic carbocycles. The third kappa shape index (κ3) is 11.7. The number of carbonyl (C=O) groups is 1. The second-order valence-corrected chi connectivity index (χ2v) is 18.3. The highest BCUT2D eigenvalue weighted by Crippen LogP contribution is 2.62. The number of aromatic nitrogens is 1. The van der Waals surface area contributed by atoms with Gasteiger partial charge in [0.1, 0.15) is 24.1 Å². The molecule has 7 atom stereocenters. The third-order valence-corrected chi connectivity index (χ3v) is 14.0. The molecule has 64 heavy (non-hydrogen) atoms. The molecule has 0 spiro atoms. The summed E-state index contributed by atoms with van der Waals surface area (Å²) in [7, 11) is 0. The Morgan fingerprint density at radius 3 is 2.55 bits per heavy atom. The molecular formula is C51H73N3O10. The highest BCUT2D eigenvalue weighted by Gasteiger charge is 2.65. The lowest BCUT2D eigenvalue weighted by Crippen LogP contribution is -2.70. The minimum Gasteiger partial charge on any atom is -0.487 e. The third-order valence-electron chi connectivity index (χ3n) is 14.0. The maximum absolute atomic E-state index is 15.0. The van der Waals surface area contributed by atoms with Gasteiger partial charge in [-0.2, -0.15) is 0 Å². The van der Waals surface area contributed by atoms with Gasteiger partial charge in [0.15, 0.2) is 0 Å². The summed E-state index contributed by atoms with van der Waals surface area (Å²) in [5.74, 6) is 0.0366. The molecule has 7 rings (SSSR count). The standard InChI is InChI=1S/C51H73N3O10/c1-3-28-62-51-46(54(24-30-59-31-27-57)47(58)23-20-37-14-4-5-15-37)34-44(53-64-48-19-8-11-29-60-48)42-32-38(16-6-9-25-55)41(18-7-10-26-56)49(50(42)51)43-33-40(21-22-45(43)63-51)61-35-39-17-12-13-36(2)52-39/h3,12-13,17,21-22,32-33,37-38,41,46,48-50,55-57H,1,4-11,14-16,18-20,23-31,34-35H2,2H3/t38-,41+,46-,48?,49+,50+,51+/m0/s1. The van der Waals surface area contributed by atoms with Crippen LogP contribution in [0.4, 0.5) is 0 Å². The van der Waals surface area contributed by atoms with Gasteiger partial charge in [0.2, 0.25) is 18.0 Å². The number of benzene rings is 1. The Balaban J connectivity index is 1.39. The molecule has 1 saturated heterocycles. The normalized spacial score (nSPS) is 27.0. The predicted molar refractivity (Wildman–Crippen MR) is 244 cm³/mol. The maximum atomic E-state index is 15.0. The summed E-state index contributed by atoms with van der Waals surface area (Å²) in [5, 5.41) is 34.6. The van der Waals surface area contributed by atoms with Crippen LogP contribution in [0.1, 0.15) is 126 Å². The molecule has 3 fully saturated rings. The van der Waals surface area contributed by atoms with Crippen molar-refractivity contribution in [1.82, 2.24) is 9.88 Å². The molecular weight excluding hydrogens is 815 g/mol. The fourth-order valence-corrected chi connectivity index (χ4v) is 11.0. The largest absolute Gasteiger partial charge is 0.487 e. The summed E-state index contributed by atoms with van der Waals surface area (Å²) >= 11 is 0. The Bertz CT molecular complexity index is 1860. The lowest BCUT2D eigenvalue weighted by Gasteiger charge is -2.60. The number of nitrogens with zero attached hydrogens (tertiary/aromatic N) is 3. The average molecular weight is 888 g/mol. The van der Waals surface area contributed by atoms with E-state index in [1.807, 2.05) is 42.2 Å². The van der Waals surface area contributed by atoms with Crippen LogP contribution in [0.5, 0.6) is 11.5 Å². The van der Waals surface area contributed by atoms with Crippen molar-refractivity contribution in [1.29, 1.82) is 0 Å². The number of rotatable bonds is 25. The Hall–Kier alpha value is -3.85. The van der Waals surface area contributed by atoms with Crippen molar-refractivity contribution in [2.75, 3.05) is 52.8 Å². The van der Waals surface area contributed by atoms with Crippen molar-refractivity contribution in [2.24, 2.45) is 28.8 Å². The summed E-state index contributed by atoms with van der Waals surface area (Å²) in [6, 6.07) is 11.3. The lowest BCUT2D eigenvalue weighted by molar-refractivity contribution is -0.258. The van der Waals surface area contributed by atoms with Crippen LogP contribution in [0.15, 0.2) is 65.9 Å². The number of carbonyl (C=O) groups excluding carboxylic acids is 1. The molecule has 3 N–H and O–H groups in total. The minimum atomic E-state index is -1.38. The number of pyridine rings is 1. The van der Waals surface area contributed by atoms with E-state index in [0.717, 1.165) is 92.4 Å². The fraction of sp³-hybridized carbons (Fsp3) is 0.667. The monoisotopic (exact) mass is 888 g/mol. The number of hydrogen-bond acceptors (Lipinski definition) is 12. The van der Waals surface area contributed by atoms with Crippen molar-refractivity contribution >= 4 is 11.6 Å². The van der Waals surface area contributed by atoms with Crippen LogP contribution in [0.3, 0.4) is 0 Å². The SMILES string of the molecule is C=CCO[C@@]12Oc3ccc(OCc4cccc(C)n4)cc3[C@H]3[C@H](CCCCO)[C@@H](CCCCO)C=C(C(=NOC4CCCCO4)C[C@@H]1N(CCOCCO)C(=O)CCC1CCCC1)[C@H]32. The molecule has 1 aromatic heterocycles. The molecule has 0 bridgehead atoms. The zero-order valence-corrected chi connectivity index (χ0v) is 38.1. The number of aliphatic hydroxyl groups is 3. The van der Waals surface area contributed by atoms with Gasteiger partial charge < -0.3 is 48.7 Å². The van der Waals surface area contributed by atoms with Crippen LogP contribution >= 0.6 is 0 Å². The summed E-state index contributed by atoms with van der Waals surface area (Å²) in [6.07, 6.45) is 17.2. The number of amides is 1. The number of aliphatic hydroxyl groups excluding tert-OH is 3. The molecule has 2 saturated carbocycles. The first-order valence-corrected chi connectivity index (χ1v) is 24.3. The average Bonchev–Trinajstić information content (AvgIpc) is 3.84. The molecule has 2 aromatic rings. The summed E-state index contributed by atoms with van der Waals surface area (Å²) in [6.45, 7) is 7.88. The van der Waals surface area contributed by atoms with Gasteiger partial charge in [0.05, 0.1) is 50.4 Å². The molecule has 1 unspecified atom stereocenters. The number of allylic oxidation sites excluding steroid dienone is 1. The van der Waals surface area contributed by atoms with Crippen molar-refractivity contribution in [3.63, 3.8) is 0 Å². The Morgan fingerprint density at radius 2 is 1.80 bits per heavy atom. The van der Waals surface area contributed by atoms with E-state index < -0.39 is 24.0 Å². The van der Waals surface area contributed by atoms with Crippen LogP contribution in [0.25, 0.3) is 0 Å². The van der Waals surface area contributed by atoms with Crippen LogP contribution < -0.4 is 9.47 Å². The molecule has 1 amide bonds. The van der Waals surface area contributed by atoms with Gasteiger partial charge in [0.25, 0.3) is 0 Å². The first-order chi connectivity index (χ1) is 31.4. The summed E-state index contributed by atoms with van der Waals surface area (Å²) < 4.78 is 33.0. The number of fused-ring (bicyclic) bond motifs is 2. The Labute approximate surface area is 380 Å². The van der Waals surface area contributed by atoms with E-state index in [0.29, 0.717) is 56.3 Å². The van der Waals surface area contributed by atoms with Crippen LogP contribution in [0, 0.1) is 30.6 Å². The zero-order valence-electron chi connectivity index (χ0n) is 38.1. The van der Waals surface area contributed by atoms with Gasteiger partial charge in [-0.05, 0) is 106 Å². The molecule has 2 aliphatic heterocycles. The smallest absolute Gasteiger partial charge is 0.239 e. The van der Waals surface area contributed by atoms with Crippen LogP contribution in [-0.4, -0.2) is 108 Å². The molecule has 13 nitrogen and oxygen atoms in total. The van der Waals surface area contributed by atoms with Crippen molar-refractivity contribution < 1.29 is 48.6 Å². The van der Waals surface area contributed by atoms with E-state index in [4.69, 9.17) is 33.7 Å². The lowest BCUT2D eigenvalue weighted by atomic mass is 9.55. The minimum absolute atomic E-state index is 0.00558. The number of oxime groups is 1. The van der Waals surface area contributed by atoms with Gasteiger partial charge >= 0.3 is 0 Å². The number of hydrogen-bond donors (Lipinski definition) is 3. The highest BCUT2D eigenvalue weighted by atomic mass is 16.8. The highest BCUT2D eigenvalue weighted by molar-refractivity contribution is 6.03. The predicted octanol–water partition coefficient (Wildman–Crippen LogP) is 7.94. The first-order valence-electron chi connectivity index (χ1n) is 24.3. The molecule has 13 heteroatoms. The van der Waals surface area contributed by atoms with Crippen LogP contribution in [0.2, 0.25) is 0 Å². The van der Waals surface area contributed by atoms with E-state index in [-0.39, 0.29) is 69.8 Å². The Kier molecular flexibility index (Phi) is 18.1.